The van der Waals surface area contributed by atoms with E-state index in [0.717, 1.165) is 11.1 Å². The van der Waals surface area contributed by atoms with E-state index >= 15 is 0 Å². The van der Waals surface area contributed by atoms with Gasteiger partial charge >= 0.3 is 6.36 Å². The van der Waals surface area contributed by atoms with Gasteiger partial charge in [-0.3, -0.25) is 4.84 Å². The van der Waals surface area contributed by atoms with E-state index in [2.05, 4.69) is 14.8 Å². The first kappa shape index (κ1) is 28.9. The molecule has 0 amide bonds. The third-order valence-electron chi connectivity index (χ3n) is 6.27. The van der Waals surface area contributed by atoms with Gasteiger partial charge in [0.1, 0.15) is 30.4 Å². The van der Waals surface area contributed by atoms with Gasteiger partial charge < -0.3 is 23.7 Å². The Kier molecular flexibility index (Phi) is 9.20. The van der Waals surface area contributed by atoms with Gasteiger partial charge in [0.05, 0.1) is 11.8 Å². The van der Waals surface area contributed by atoms with E-state index in [1.165, 1.54) is 35.3 Å². The zero-order valence-electron chi connectivity index (χ0n) is 22.2. The van der Waals surface area contributed by atoms with Crippen LogP contribution in [0.25, 0.3) is 17.1 Å². The molecule has 1 aliphatic heterocycles. The number of hydrogen-bond acceptors (Lipinski definition) is 9. The third-order valence-corrected chi connectivity index (χ3v) is 6.27. The van der Waals surface area contributed by atoms with Crippen LogP contribution in [0.1, 0.15) is 12.5 Å². The minimum absolute atomic E-state index is 0.262. The summed E-state index contributed by atoms with van der Waals surface area (Å²) in [7, 11) is 6.58. The number of hydrogen-bond donors (Lipinski definition) is 0. The van der Waals surface area contributed by atoms with Crippen LogP contribution in [0.4, 0.5) is 13.2 Å². The molecule has 0 unspecified atom stereocenters. The number of ether oxygens (including phenoxy) is 5. The van der Waals surface area contributed by atoms with Gasteiger partial charge in [-0.2, -0.15) is 5.06 Å². The predicted octanol–water partition coefficient (Wildman–Crippen LogP) is 3.99. The molecule has 1 fully saturated rings. The fourth-order valence-electron chi connectivity index (χ4n) is 4.45. The number of rotatable bonds is 10. The lowest BCUT2D eigenvalue weighted by molar-refractivity contribution is -0.361. The molecule has 0 N–H and O–H groups in total. The van der Waals surface area contributed by atoms with Crippen molar-refractivity contribution in [3.63, 3.8) is 0 Å². The molecule has 4 rings (SSSR count). The van der Waals surface area contributed by atoms with Crippen molar-refractivity contribution in [3.05, 3.63) is 60.4 Å². The summed E-state index contributed by atoms with van der Waals surface area (Å²) in [4.78, 5) is 10.4. The van der Waals surface area contributed by atoms with Crippen molar-refractivity contribution >= 4 is 0 Å². The van der Waals surface area contributed by atoms with Gasteiger partial charge in [-0.15, -0.1) is 18.3 Å². The van der Waals surface area contributed by atoms with Crippen LogP contribution in [0.2, 0.25) is 0 Å². The number of methoxy groups -OCH3 is 3. The molecule has 5 atom stereocenters. The molecule has 1 aromatic heterocycles. The minimum Gasteiger partial charge on any atom is -0.406 e. The highest BCUT2D eigenvalue weighted by Gasteiger charge is 2.46. The van der Waals surface area contributed by atoms with Crippen LogP contribution in [0.3, 0.4) is 0 Å². The van der Waals surface area contributed by atoms with Crippen LogP contribution in [0.5, 0.6) is 5.75 Å². The lowest BCUT2D eigenvalue weighted by atomic mass is 9.99. The molecule has 0 bridgehead atoms. The van der Waals surface area contributed by atoms with Crippen molar-refractivity contribution in [3.8, 4) is 22.8 Å². The summed E-state index contributed by atoms with van der Waals surface area (Å²) >= 11 is 0. The van der Waals surface area contributed by atoms with E-state index in [-0.39, 0.29) is 24.1 Å². The van der Waals surface area contributed by atoms with E-state index in [1.54, 1.807) is 33.4 Å². The van der Waals surface area contributed by atoms with Gasteiger partial charge in [0.2, 0.25) is 6.29 Å². The highest BCUT2D eigenvalue weighted by Crippen LogP contribution is 2.28. The highest BCUT2D eigenvalue weighted by molar-refractivity contribution is 5.55. The van der Waals surface area contributed by atoms with Gasteiger partial charge in [0, 0.05) is 40.5 Å². The molecule has 1 aliphatic rings. The molecule has 0 radical (unpaired) electrons. The van der Waals surface area contributed by atoms with Crippen LogP contribution in [0.15, 0.2) is 54.9 Å². The lowest BCUT2D eigenvalue weighted by Crippen LogP contribution is -2.60. The first-order valence-corrected chi connectivity index (χ1v) is 12.1. The standard InChI is InChI=1S/C26H31F3N4O6/c1-16-21(34-3)22(35-4)23(36-5)25(37-16)39-32(2)14-17-6-8-18(9-7-17)24-30-15-33(31-24)19-10-12-20(13-11-19)38-26(27,28)29/h6-13,15-16,21-23,25H,14H2,1-5H3/t16-,21-,22+,23+,25-/m0/s1. The van der Waals surface area contributed by atoms with Crippen LogP contribution >= 0.6 is 0 Å². The summed E-state index contributed by atoms with van der Waals surface area (Å²) < 4.78 is 65.3. The van der Waals surface area contributed by atoms with Crippen molar-refractivity contribution in [2.75, 3.05) is 28.4 Å². The smallest absolute Gasteiger partial charge is 0.406 e. The second-order valence-corrected chi connectivity index (χ2v) is 8.95. The Labute approximate surface area is 224 Å². The Hall–Kier alpha value is -3.07. The van der Waals surface area contributed by atoms with Gasteiger partial charge in [-0.25, -0.2) is 9.67 Å². The SMILES string of the molecule is CO[C@@H]1[C@@H](OC)[C@H](C)O[C@@H](ON(C)Cc2ccc(-c3ncn(-c4ccc(OC(F)(F)F)cc4)n3)cc2)[C@@H]1OC. The Balaban J connectivity index is 1.37. The summed E-state index contributed by atoms with van der Waals surface area (Å²) in [5, 5.41) is 6.09. The number of hydroxylamine groups is 2. The summed E-state index contributed by atoms with van der Waals surface area (Å²) in [6.45, 7) is 2.36. The number of halogens is 3. The average molecular weight is 553 g/mol. The molecule has 0 spiro atoms. The van der Waals surface area contributed by atoms with Crippen molar-refractivity contribution in [1.29, 1.82) is 0 Å². The monoisotopic (exact) mass is 552 g/mol. The van der Waals surface area contributed by atoms with Crippen LogP contribution in [-0.4, -0.2) is 85.3 Å². The maximum Gasteiger partial charge on any atom is 0.573 e. The highest BCUT2D eigenvalue weighted by atomic mass is 19.4. The molecular weight excluding hydrogens is 521 g/mol. The number of benzene rings is 2. The number of nitrogens with zero attached hydrogens (tertiary/aromatic N) is 4. The summed E-state index contributed by atoms with van der Waals surface area (Å²) in [5.41, 5.74) is 2.28. The van der Waals surface area contributed by atoms with Gasteiger partial charge in [0.15, 0.2) is 5.82 Å². The Morgan fingerprint density at radius 1 is 0.923 bits per heavy atom. The second-order valence-electron chi connectivity index (χ2n) is 8.95. The molecule has 3 aromatic rings. The van der Waals surface area contributed by atoms with Crippen molar-refractivity contribution < 1.29 is 41.7 Å². The summed E-state index contributed by atoms with van der Waals surface area (Å²) in [5.74, 6) is 0.156. The molecule has 0 saturated carbocycles. The molecule has 2 aromatic carbocycles. The first-order chi connectivity index (χ1) is 18.6. The predicted molar refractivity (Wildman–Crippen MR) is 133 cm³/mol. The molecular formula is C26H31F3N4O6. The number of aromatic nitrogens is 3. The van der Waals surface area contributed by atoms with E-state index in [9.17, 15) is 13.2 Å². The molecule has 0 aliphatic carbocycles. The lowest BCUT2D eigenvalue weighted by Gasteiger charge is -2.44. The van der Waals surface area contributed by atoms with E-state index in [0.29, 0.717) is 18.1 Å². The van der Waals surface area contributed by atoms with Gasteiger partial charge in [-0.05, 0) is 36.8 Å². The first-order valence-electron chi connectivity index (χ1n) is 12.1. The quantitative estimate of drug-likeness (QED) is 0.347. The molecule has 13 heteroatoms. The maximum absolute atomic E-state index is 12.4. The average Bonchev–Trinajstić information content (AvgIpc) is 3.38. The third kappa shape index (κ3) is 7.12. The molecule has 10 nitrogen and oxygen atoms in total. The van der Waals surface area contributed by atoms with E-state index in [4.69, 9.17) is 23.8 Å². The van der Waals surface area contributed by atoms with Crippen LogP contribution in [-0.2, 0) is 30.3 Å². The molecule has 1 saturated heterocycles. The Morgan fingerprint density at radius 2 is 1.56 bits per heavy atom. The Bertz CT molecular complexity index is 1190. The van der Waals surface area contributed by atoms with Crippen molar-refractivity contribution in [1.82, 2.24) is 19.8 Å². The fourth-order valence-corrected chi connectivity index (χ4v) is 4.45. The Morgan fingerprint density at radius 3 is 2.15 bits per heavy atom. The summed E-state index contributed by atoms with van der Waals surface area (Å²) in [6, 6.07) is 13.0. The molecule has 212 valence electrons. The zero-order chi connectivity index (χ0) is 28.2. The normalized spacial score (nSPS) is 23.8. The van der Waals surface area contributed by atoms with Crippen LogP contribution < -0.4 is 4.74 Å². The van der Waals surface area contributed by atoms with E-state index in [1.807, 2.05) is 31.2 Å². The van der Waals surface area contributed by atoms with Gasteiger partial charge in [0.25, 0.3) is 0 Å². The largest absolute Gasteiger partial charge is 0.573 e. The second kappa shape index (κ2) is 12.4. The fraction of sp³-hybridized carbons (Fsp3) is 0.462. The number of alkyl halides is 3. The van der Waals surface area contributed by atoms with E-state index < -0.39 is 18.8 Å². The summed E-state index contributed by atoms with van der Waals surface area (Å²) in [6.07, 6.45) is -5.35. The minimum atomic E-state index is -4.75. The van der Waals surface area contributed by atoms with Crippen molar-refractivity contribution in [2.45, 2.75) is 50.5 Å². The topological polar surface area (TPSA) is 89.3 Å². The molecule has 2 heterocycles. The zero-order valence-corrected chi connectivity index (χ0v) is 22.2. The van der Waals surface area contributed by atoms with Gasteiger partial charge in [-0.1, -0.05) is 24.3 Å². The molecule has 39 heavy (non-hydrogen) atoms. The maximum atomic E-state index is 12.4. The van der Waals surface area contributed by atoms with Crippen LogP contribution in [0, 0.1) is 0 Å². The van der Waals surface area contributed by atoms with Crippen molar-refractivity contribution in [2.24, 2.45) is 0 Å².